The van der Waals surface area contributed by atoms with Crippen LogP contribution in [0, 0.1) is 13.8 Å². The van der Waals surface area contributed by atoms with Gasteiger partial charge in [0.1, 0.15) is 0 Å². The number of allylic oxidation sites excluding steroid dienone is 4. The summed E-state index contributed by atoms with van der Waals surface area (Å²) in [7, 11) is -0.845. The van der Waals surface area contributed by atoms with E-state index < -0.39 is 82.2 Å². The lowest BCUT2D eigenvalue weighted by Gasteiger charge is -2.38. The molecule has 0 unspecified atom stereocenters. The normalized spacial score (nSPS) is 16.4. The van der Waals surface area contributed by atoms with Gasteiger partial charge in [-0.2, -0.15) is 0 Å². The van der Waals surface area contributed by atoms with E-state index in [0.717, 1.165) is 256 Å². The molecular formula is C119H135BN8O12. The predicted molar refractivity (Wildman–Crippen MR) is 567 cm³/mol. The first kappa shape index (κ1) is 98.1. The summed E-state index contributed by atoms with van der Waals surface area (Å²) in [4.78, 5) is 141. The Morgan fingerprint density at radius 2 is 0.779 bits per heavy atom. The standard InChI is InChI=1S/C119H135BN8O12/c1-21-25-29-33-37-79-67(5)103-99(71-41-43-73(44-42-71)115-137-63-77(64-138-115)125-111(133)87-59-89-90(60-88(87)112(125)134)114(136)128(113(89)135)98-58-75(117(12,13)14)48-56-92(98)119(18,19)20)104-68(6)80(38-34-30-26-22-2)94(122-104)62-96-82(40-36-32-28-24-4)70(8)106(124-96)100(105-69(7)81(39-35-31-27-23-3)95(123-105)61-93(79)121-103)72-45-49-76(50-46-72)120-139-65-78(66-140-120)126-107(129)83-51-53-85-102-86(54-52-84(101(83)102)108(126)130)110(132)127(109(85)131)97-57-74(116(9,10)11)47-55-91(97)118(15,16)17/h41-62,77-78,115,121,124H,21-40,63-66H2,1-20H3. The molecule has 6 aliphatic rings. The van der Waals surface area contributed by atoms with Gasteiger partial charge in [-0.3, -0.25) is 47.8 Å². The van der Waals surface area contributed by atoms with Crippen molar-refractivity contribution < 1.29 is 38.0 Å². The van der Waals surface area contributed by atoms with Gasteiger partial charge in [0.2, 0.25) is 0 Å². The number of fused-ring (bicyclic) bond motifs is 10. The van der Waals surface area contributed by atoms with Crippen LogP contribution in [0.25, 0.3) is 105 Å². The molecule has 0 radical (unpaired) electrons. The summed E-state index contributed by atoms with van der Waals surface area (Å²) in [5.74, 6) is -2.15. The van der Waals surface area contributed by atoms with Crippen molar-refractivity contribution in [1.29, 1.82) is 0 Å². The quantitative estimate of drug-likeness (QED) is 0.0263. The minimum atomic E-state index is -0.845. The Bertz CT molecular complexity index is 7340. The number of hydrogen-bond donors (Lipinski definition) is 2. The Morgan fingerprint density at radius 3 is 1.19 bits per heavy atom. The first-order chi connectivity index (χ1) is 66.8. The number of carbonyl (C=O) groups is 4. The van der Waals surface area contributed by atoms with Crippen molar-refractivity contribution in [2.24, 2.45) is 0 Å². The molecule has 2 fully saturated rings. The van der Waals surface area contributed by atoms with Crippen LogP contribution in [0.5, 0.6) is 0 Å². The largest absolute Gasteiger partial charge is 0.494 e. The van der Waals surface area contributed by atoms with Crippen LogP contribution in [0.3, 0.4) is 0 Å². The molecule has 0 aliphatic carbocycles. The third-order valence-corrected chi connectivity index (χ3v) is 30.3. The molecule has 140 heavy (non-hydrogen) atoms. The number of rotatable bonds is 28. The number of hydrogen-bond acceptors (Lipinski definition) is 14. The van der Waals surface area contributed by atoms with E-state index in [9.17, 15) is 28.8 Å². The van der Waals surface area contributed by atoms with E-state index in [1.807, 2.05) is 63.2 Å². The minimum Gasteiger partial charge on any atom is -0.405 e. The molecule has 7 aromatic carbocycles. The molecule has 20 nitrogen and oxygen atoms in total. The molecule has 4 amide bonds. The maximum Gasteiger partial charge on any atom is 0.494 e. The van der Waals surface area contributed by atoms with Gasteiger partial charge in [0.25, 0.3) is 45.9 Å². The molecule has 5 aromatic heterocycles. The number of unbranched alkanes of at least 4 members (excludes halogenated alkanes) is 12. The summed E-state index contributed by atoms with van der Waals surface area (Å²) in [6.07, 6.45) is 19.6. The van der Waals surface area contributed by atoms with Gasteiger partial charge in [-0.15, -0.1) is 0 Å². The topological polar surface area (TPSA) is 247 Å². The molecule has 18 rings (SSSR count). The number of anilines is 1. The zero-order valence-electron chi connectivity index (χ0n) is 85.6. The van der Waals surface area contributed by atoms with E-state index in [4.69, 9.17) is 28.8 Å². The molecule has 0 saturated carbocycles. The summed E-state index contributed by atoms with van der Waals surface area (Å²) < 4.78 is 28.8. The van der Waals surface area contributed by atoms with Crippen LogP contribution in [-0.2, 0) is 53.3 Å². The van der Waals surface area contributed by atoms with Crippen LogP contribution in [0.2, 0.25) is 0 Å². The van der Waals surface area contributed by atoms with Gasteiger partial charge in [-0.25, -0.2) is 19.4 Å². The summed E-state index contributed by atoms with van der Waals surface area (Å²) >= 11 is 0. The van der Waals surface area contributed by atoms with Crippen LogP contribution >= 0.6 is 0 Å². The highest BCUT2D eigenvalue weighted by Gasteiger charge is 2.46. The third-order valence-electron chi connectivity index (χ3n) is 30.3. The van der Waals surface area contributed by atoms with Gasteiger partial charge in [-0.1, -0.05) is 261 Å². The summed E-state index contributed by atoms with van der Waals surface area (Å²) in [6, 6.07) is 41.1. The van der Waals surface area contributed by atoms with Crippen LogP contribution < -0.4 is 32.6 Å². The lowest BCUT2D eigenvalue weighted by molar-refractivity contribution is -0.201. The fourth-order valence-corrected chi connectivity index (χ4v) is 22.2. The van der Waals surface area contributed by atoms with Gasteiger partial charge in [0, 0.05) is 60.8 Å². The Kier molecular flexibility index (Phi) is 27.1. The van der Waals surface area contributed by atoms with E-state index in [2.05, 4.69) is 182 Å². The first-order valence-corrected chi connectivity index (χ1v) is 51.3. The van der Waals surface area contributed by atoms with E-state index in [1.54, 1.807) is 24.3 Å². The highest BCUT2D eigenvalue weighted by molar-refractivity contribution is 6.61. The van der Waals surface area contributed by atoms with E-state index in [1.165, 1.54) is 48.8 Å². The van der Waals surface area contributed by atoms with Gasteiger partial charge >= 0.3 is 7.12 Å². The number of H-pyrrole nitrogens is 2. The Balaban J connectivity index is 0.698. The first-order valence-electron chi connectivity index (χ1n) is 51.3. The number of amides is 4. The van der Waals surface area contributed by atoms with E-state index >= 15 is 9.59 Å². The smallest absolute Gasteiger partial charge is 0.405 e. The fourth-order valence-electron chi connectivity index (χ4n) is 22.2. The van der Waals surface area contributed by atoms with E-state index in [-0.39, 0.29) is 81.1 Å². The van der Waals surface area contributed by atoms with E-state index in [0.29, 0.717) is 22.1 Å². The molecule has 726 valence electrons. The number of aryl methyl sites for hydroxylation is 4. The van der Waals surface area contributed by atoms with Gasteiger partial charge in [0.15, 0.2) is 6.29 Å². The van der Waals surface area contributed by atoms with Crippen molar-refractivity contribution in [1.82, 2.24) is 34.0 Å². The second-order valence-corrected chi connectivity index (χ2v) is 44.1. The zero-order valence-corrected chi connectivity index (χ0v) is 85.6. The number of aromatic amines is 2. The molecule has 0 atom stereocenters. The molecular weight excluding hydrogens is 1740 g/mol. The highest BCUT2D eigenvalue weighted by atomic mass is 16.7. The van der Waals surface area contributed by atoms with Gasteiger partial charge in [-0.05, 0) is 245 Å². The van der Waals surface area contributed by atoms with Crippen molar-refractivity contribution in [3.8, 4) is 27.9 Å². The maximum atomic E-state index is 15.1. The van der Waals surface area contributed by atoms with Crippen molar-refractivity contribution in [2.45, 2.75) is 307 Å². The summed E-state index contributed by atoms with van der Waals surface area (Å²) in [5.41, 5.74) is 24.2. The Morgan fingerprint density at radius 1 is 0.393 bits per heavy atom. The highest BCUT2D eigenvalue weighted by Crippen LogP contribution is 2.49. The van der Waals surface area contributed by atoms with Crippen LogP contribution in [-0.4, -0.2) is 97.2 Å². The molecule has 2 saturated heterocycles. The number of benzene rings is 7. The number of aromatic nitrogens is 6. The van der Waals surface area contributed by atoms with Crippen LogP contribution in [0.15, 0.2) is 153 Å². The van der Waals surface area contributed by atoms with Gasteiger partial charge < -0.3 is 28.8 Å². The van der Waals surface area contributed by atoms with Crippen molar-refractivity contribution in [2.75, 3.05) is 31.3 Å². The maximum absolute atomic E-state index is 15.1. The Labute approximate surface area is 821 Å². The van der Waals surface area contributed by atoms with Gasteiger partial charge in [0.05, 0.1) is 105 Å². The van der Waals surface area contributed by atoms with Crippen molar-refractivity contribution >= 4 is 119 Å². The SMILES string of the molecule is CCCCCCC1=C(C)c2nc1cc1[nH]c(c(C)c1CCCCCC)c(-c1ccc(B3OCC(N4C(=O)c5ccc6c7c(ccc(c57)C4=O)C(=O)N(c4cc(C(C)(C)C)ccc4C(C)(C)C)C6=O)CO3)cc1)c1nc(cc3[nH]c(c(C)c3CCCCCC)c2-c2ccc(C3OCC(n4c(=O)c5cc6c(=O)n(-c7cc(C(C)(C)C)ccc7C(C)(C)C)c(=O)c6cc5c4=O)CO3)cc2)C(CCCCCC)=C1C. The zero-order chi connectivity index (χ0) is 99.4. The number of nitrogens with zero attached hydrogens (tertiary/aromatic N) is 6. The molecule has 11 heterocycles. The minimum absolute atomic E-state index is 0.0154. The molecule has 6 aliphatic heterocycles. The number of carbonyl (C=O) groups excluding carboxylic acids is 4. The molecule has 2 N–H and O–H groups in total. The molecule has 8 bridgehead atoms. The fraction of sp³-hybridized carbons (Fsp3) is 0.429. The predicted octanol–water partition coefficient (Wildman–Crippen LogP) is 25.4. The molecule has 0 spiro atoms. The third kappa shape index (κ3) is 17.8. The number of ether oxygens (including phenoxy) is 2. The average molecular weight is 1880 g/mol. The lowest BCUT2D eigenvalue weighted by atomic mass is 9.77. The van der Waals surface area contributed by atoms with Crippen molar-refractivity contribution in [3.05, 3.63) is 270 Å². The average Bonchev–Trinajstić information content (AvgIpc) is 1.48. The van der Waals surface area contributed by atoms with Crippen molar-refractivity contribution in [3.63, 3.8) is 0 Å². The summed E-state index contributed by atoms with van der Waals surface area (Å²) in [6.45, 7) is 42.8. The monoisotopic (exact) mass is 1880 g/mol. The molecule has 12 aromatic rings. The number of nitrogens with one attached hydrogen (secondary N) is 2. The van der Waals surface area contributed by atoms with Crippen LogP contribution in [0.1, 0.15) is 367 Å². The second kappa shape index (κ2) is 38.7. The second-order valence-electron chi connectivity index (χ2n) is 44.1. The Hall–Kier alpha value is -12.1. The van der Waals surface area contributed by atoms with Crippen LogP contribution in [0.4, 0.5) is 5.69 Å². The summed E-state index contributed by atoms with van der Waals surface area (Å²) in [5, 5.41) is 0.863. The number of imide groups is 2. The lowest BCUT2D eigenvalue weighted by Crippen LogP contribution is -2.56. The molecule has 21 heteroatoms.